The van der Waals surface area contributed by atoms with Crippen molar-refractivity contribution < 1.29 is 24.2 Å². The zero-order chi connectivity index (χ0) is 22.4. The lowest BCUT2D eigenvalue weighted by atomic mass is 10.1. The number of ether oxygens (including phenoxy) is 2. The minimum Gasteiger partial charge on any atom is -0.507 e. The molecule has 0 bridgehead atoms. The van der Waals surface area contributed by atoms with Crippen molar-refractivity contribution in [2.45, 2.75) is 13.3 Å². The summed E-state index contributed by atoms with van der Waals surface area (Å²) < 4.78 is 10.4. The minimum atomic E-state index is -0.570. The van der Waals surface area contributed by atoms with Crippen molar-refractivity contribution >= 4 is 34.0 Å². The molecule has 3 aromatic carbocycles. The van der Waals surface area contributed by atoms with Crippen LogP contribution in [0, 0.1) is 0 Å². The largest absolute Gasteiger partial charge is 0.507 e. The maximum Gasteiger partial charge on any atom is 0.275 e. The Labute approximate surface area is 179 Å². The lowest BCUT2D eigenvalue weighted by Crippen LogP contribution is -2.21. The highest BCUT2D eigenvalue weighted by molar-refractivity contribution is 6.07. The van der Waals surface area contributed by atoms with Gasteiger partial charge in [-0.05, 0) is 42.0 Å². The van der Waals surface area contributed by atoms with Crippen LogP contribution < -0.4 is 20.2 Å². The van der Waals surface area contributed by atoms with Gasteiger partial charge in [0.15, 0.2) is 0 Å². The van der Waals surface area contributed by atoms with Crippen LogP contribution in [0.4, 0.5) is 5.69 Å². The monoisotopic (exact) mass is 421 g/mol. The van der Waals surface area contributed by atoms with Crippen molar-refractivity contribution in [2.24, 2.45) is 5.10 Å². The van der Waals surface area contributed by atoms with Crippen molar-refractivity contribution in [3.63, 3.8) is 0 Å². The van der Waals surface area contributed by atoms with Gasteiger partial charge in [-0.2, -0.15) is 5.10 Å². The van der Waals surface area contributed by atoms with Gasteiger partial charge in [0.25, 0.3) is 5.91 Å². The number of fused-ring (bicyclic) bond motifs is 1. The number of anilines is 1. The Bertz CT molecular complexity index is 1160. The highest BCUT2D eigenvalue weighted by Gasteiger charge is 2.13. The number of hydrogen-bond acceptors (Lipinski definition) is 6. The fourth-order valence-electron chi connectivity index (χ4n) is 2.98. The zero-order valence-electron chi connectivity index (χ0n) is 17.4. The molecule has 8 heteroatoms. The summed E-state index contributed by atoms with van der Waals surface area (Å²) >= 11 is 0. The van der Waals surface area contributed by atoms with Crippen LogP contribution in [0.25, 0.3) is 10.8 Å². The number of carbonyl (C=O) groups is 2. The average Bonchev–Trinajstić information content (AvgIpc) is 2.77. The van der Waals surface area contributed by atoms with Gasteiger partial charge in [-0.3, -0.25) is 9.59 Å². The fraction of sp³-hybridized carbons (Fsp3) is 0.174. The predicted molar refractivity (Wildman–Crippen MR) is 119 cm³/mol. The SMILES string of the molecule is COc1ccc(NC(=O)C/C(C)=N/NC(=O)c2cc3ccccc3cc2O)c(OC)c1. The molecule has 0 heterocycles. The van der Waals surface area contributed by atoms with Gasteiger partial charge in [-0.1, -0.05) is 24.3 Å². The molecule has 0 aliphatic rings. The van der Waals surface area contributed by atoms with Crippen LogP contribution in [-0.4, -0.2) is 36.9 Å². The quantitative estimate of drug-likeness (QED) is 0.398. The second-order valence-electron chi connectivity index (χ2n) is 6.80. The van der Waals surface area contributed by atoms with Gasteiger partial charge in [-0.25, -0.2) is 5.43 Å². The second kappa shape index (κ2) is 9.62. The number of nitrogens with one attached hydrogen (secondary N) is 2. The smallest absolute Gasteiger partial charge is 0.275 e. The first kappa shape index (κ1) is 21.6. The number of amides is 2. The van der Waals surface area contributed by atoms with E-state index < -0.39 is 5.91 Å². The van der Waals surface area contributed by atoms with Gasteiger partial charge >= 0.3 is 0 Å². The Balaban J connectivity index is 1.64. The van der Waals surface area contributed by atoms with Crippen LogP contribution in [-0.2, 0) is 4.79 Å². The minimum absolute atomic E-state index is 0.0425. The van der Waals surface area contributed by atoms with Crippen molar-refractivity contribution in [3.05, 3.63) is 60.2 Å². The Morgan fingerprint density at radius 2 is 1.71 bits per heavy atom. The van der Waals surface area contributed by atoms with Gasteiger partial charge < -0.3 is 19.9 Å². The Kier molecular flexibility index (Phi) is 6.71. The molecule has 31 heavy (non-hydrogen) atoms. The number of hydrazone groups is 1. The van der Waals surface area contributed by atoms with Gasteiger partial charge in [0.05, 0.1) is 31.9 Å². The molecule has 3 N–H and O–H groups in total. The van der Waals surface area contributed by atoms with E-state index in [1.54, 1.807) is 38.3 Å². The lowest BCUT2D eigenvalue weighted by Gasteiger charge is -2.11. The molecule has 0 fully saturated rings. The maximum absolute atomic E-state index is 12.4. The van der Waals surface area contributed by atoms with Gasteiger partial charge in [0, 0.05) is 11.8 Å². The molecule has 0 aromatic heterocycles. The summed E-state index contributed by atoms with van der Waals surface area (Å²) in [5, 5.41) is 18.5. The Hall–Kier alpha value is -4.07. The molecule has 0 saturated heterocycles. The van der Waals surface area contributed by atoms with E-state index in [1.807, 2.05) is 24.3 Å². The van der Waals surface area contributed by atoms with E-state index in [0.29, 0.717) is 22.9 Å². The van der Waals surface area contributed by atoms with Gasteiger partial charge in [0.1, 0.15) is 17.2 Å². The van der Waals surface area contributed by atoms with Gasteiger partial charge in [-0.15, -0.1) is 0 Å². The number of nitrogens with zero attached hydrogens (tertiary/aromatic N) is 1. The van der Waals surface area contributed by atoms with E-state index in [-0.39, 0.29) is 23.6 Å². The summed E-state index contributed by atoms with van der Waals surface area (Å²) in [4.78, 5) is 24.8. The number of methoxy groups -OCH3 is 2. The molecular formula is C23H23N3O5. The molecule has 0 aliphatic carbocycles. The van der Waals surface area contributed by atoms with Gasteiger partial charge in [0.2, 0.25) is 5.91 Å². The molecule has 3 rings (SSSR count). The Morgan fingerprint density at radius 3 is 2.39 bits per heavy atom. The fourth-order valence-corrected chi connectivity index (χ4v) is 2.98. The van der Waals surface area contributed by atoms with E-state index in [4.69, 9.17) is 9.47 Å². The summed E-state index contributed by atoms with van der Waals surface area (Å²) in [6, 6.07) is 15.5. The van der Waals surface area contributed by atoms with E-state index in [9.17, 15) is 14.7 Å². The molecular weight excluding hydrogens is 398 g/mol. The third-order valence-electron chi connectivity index (χ3n) is 4.56. The van der Waals surface area contributed by atoms with Crippen molar-refractivity contribution in [1.82, 2.24) is 5.43 Å². The molecule has 0 spiro atoms. The van der Waals surface area contributed by atoms with E-state index in [2.05, 4.69) is 15.8 Å². The number of aromatic hydroxyl groups is 1. The first-order chi connectivity index (χ1) is 14.9. The van der Waals surface area contributed by atoms with Crippen LogP contribution in [0.2, 0.25) is 0 Å². The van der Waals surface area contributed by atoms with Crippen LogP contribution in [0.5, 0.6) is 17.2 Å². The summed E-state index contributed by atoms with van der Waals surface area (Å²) in [6.45, 7) is 1.62. The molecule has 0 aliphatic heterocycles. The highest BCUT2D eigenvalue weighted by atomic mass is 16.5. The number of phenols is 1. The number of hydrogen-bond donors (Lipinski definition) is 3. The first-order valence-electron chi connectivity index (χ1n) is 9.48. The Morgan fingerprint density at radius 1 is 1.00 bits per heavy atom. The zero-order valence-corrected chi connectivity index (χ0v) is 17.4. The molecule has 160 valence electrons. The summed E-state index contributed by atoms with van der Waals surface area (Å²) in [7, 11) is 3.04. The molecule has 3 aromatic rings. The van der Waals surface area contributed by atoms with Crippen molar-refractivity contribution in [2.75, 3.05) is 19.5 Å². The lowest BCUT2D eigenvalue weighted by molar-refractivity contribution is -0.115. The van der Waals surface area contributed by atoms with Crippen molar-refractivity contribution in [1.29, 1.82) is 0 Å². The highest BCUT2D eigenvalue weighted by Crippen LogP contribution is 2.29. The average molecular weight is 421 g/mol. The molecule has 0 atom stereocenters. The number of carbonyl (C=O) groups excluding carboxylic acids is 2. The summed E-state index contributed by atoms with van der Waals surface area (Å²) in [6.07, 6.45) is -0.0425. The third-order valence-corrected chi connectivity index (χ3v) is 4.56. The molecule has 0 saturated carbocycles. The topological polar surface area (TPSA) is 109 Å². The molecule has 8 nitrogen and oxygen atoms in total. The van der Waals surface area contributed by atoms with Crippen LogP contribution in [0.3, 0.4) is 0 Å². The second-order valence-corrected chi connectivity index (χ2v) is 6.80. The maximum atomic E-state index is 12.4. The number of rotatable bonds is 7. The summed E-state index contributed by atoms with van der Waals surface area (Å²) in [5.74, 6) is 0.0235. The summed E-state index contributed by atoms with van der Waals surface area (Å²) in [5.41, 5.74) is 3.36. The first-order valence-corrected chi connectivity index (χ1v) is 9.48. The number of phenolic OH excluding ortho intramolecular Hbond substituents is 1. The predicted octanol–water partition coefficient (Wildman–Crippen LogP) is 3.70. The molecule has 0 radical (unpaired) electrons. The molecule has 0 unspecified atom stereocenters. The third kappa shape index (κ3) is 5.30. The standard InChI is InChI=1S/C23H23N3O5/c1-14(10-22(28)24-19-9-8-17(30-2)13-21(19)31-3)25-26-23(29)18-11-15-6-4-5-7-16(15)12-20(18)27/h4-9,11-13,27H,10H2,1-3H3,(H,24,28)(H,26,29)/b25-14+. The van der Waals surface area contributed by atoms with E-state index >= 15 is 0 Å². The van der Waals surface area contributed by atoms with Crippen LogP contribution >= 0.6 is 0 Å². The normalized spacial score (nSPS) is 11.1. The molecule has 2 amide bonds. The number of benzene rings is 3. The van der Waals surface area contributed by atoms with E-state index in [0.717, 1.165) is 10.8 Å². The van der Waals surface area contributed by atoms with E-state index in [1.165, 1.54) is 13.2 Å². The van der Waals surface area contributed by atoms with Crippen molar-refractivity contribution in [3.8, 4) is 17.2 Å². The van der Waals surface area contributed by atoms with Crippen LogP contribution in [0.15, 0.2) is 59.7 Å². The van der Waals surface area contributed by atoms with Crippen LogP contribution in [0.1, 0.15) is 23.7 Å².